The number of aryl methyl sites for hydroxylation is 1. The normalized spacial score (nSPS) is 17.9. The highest BCUT2D eigenvalue weighted by atomic mass is 32.2. The average molecular weight is 523 g/mol. The maximum Gasteiger partial charge on any atom is 0.243 e. The van der Waals surface area contributed by atoms with Crippen LogP contribution in [0.2, 0.25) is 0 Å². The quantitative estimate of drug-likeness (QED) is 0.509. The first-order valence-electron chi connectivity index (χ1n) is 12.4. The van der Waals surface area contributed by atoms with Crippen LogP contribution in [0.4, 0.5) is 5.69 Å². The summed E-state index contributed by atoms with van der Waals surface area (Å²) in [4.78, 5) is 26.6. The van der Waals surface area contributed by atoms with Crippen LogP contribution < -0.4 is 5.32 Å². The van der Waals surface area contributed by atoms with Crippen molar-refractivity contribution in [1.29, 1.82) is 0 Å². The smallest absolute Gasteiger partial charge is 0.243 e. The van der Waals surface area contributed by atoms with Gasteiger partial charge >= 0.3 is 0 Å². The van der Waals surface area contributed by atoms with Gasteiger partial charge in [0.2, 0.25) is 21.8 Å². The summed E-state index contributed by atoms with van der Waals surface area (Å²) in [7, 11) is -2.43. The first-order chi connectivity index (χ1) is 17.8. The number of fused-ring (bicyclic) bond motifs is 1. The lowest BCUT2D eigenvalue weighted by molar-refractivity contribution is -0.133. The van der Waals surface area contributed by atoms with Crippen molar-refractivity contribution in [2.24, 2.45) is 5.92 Å². The van der Waals surface area contributed by atoms with Crippen molar-refractivity contribution in [1.82, 2.24) is 24.0 Å². The summed E-state index contributed by atoms with van der Waals surface area (Å²) < 4.78 is 29.5. The molecule has 2 aliphatic heterocycles. The summed E-state index contributed by atoms with van der Waals surface area (Å²) in [5.74, 6) is 0.757. The fraction of sp³-hybridized carbons (Fsp3) is 0.385. The predicted molar refractivity (Wildman–Crippen MR) is 138 cm³/mol. The summed E-state index contributed by atoms with van der Waals surface area (Å²) in [6.45, 7) is 0.920. The van der Waals surface area contributed by atoms with Gasteiger partial charge in [-0.2, -0.15) is 4.31 Å². The number of para-hydroxylation sites is 1. The van der Waals surface area contributed by atoms with Crippen LogP contribution in [0.15, 0.2) is 59.8 Å². The Labute approximate surface area is 216 Å². The molecular formula is C26H30N6O4S. The fourth-order valence-corrected chi connectivity index (χ4v) is 6.17. The van der Waals surface area contributed by atoms with Crippen molar-refractivity contribution in [3.05, 3.63) is 66.2 Å². The summed E-state index contributed by atoms with van der Waals surface area (Å²) in [5.41, 5.74) is 2.40. The van der Waals surface area contributed by atoms with Crippen LogP contribution in [0.25, 0.3) is 5.69 Å². The number of benzene rings is 2. The topological polar surface area (TPSA) is 118 Å². The van der Waals surface area contributed by atoms with Gasteiger partial charge < -0.3 is 10.2 Å². The Balaban J connectivity index is 1.22. The molecule has 3 heterocycles. The zero-order chi connectivity index (χ0) is 26.0. The third kappa shape index (κ3) is 5.42. The van der Waals surface area contributed by atoms with Crippen LogP contribution in [0.5, 0.6) is 0 Å². The highest BCUT2D eigenvalue weighted by molar-refractivity contribution is 7.89. The van der Waals surface area contributed by atoms with Crippen molar-refractivity contribution in [2.45, 2.75) is 37.0 Å². The summed E-state index contributed by atoms with van der Waals surface area (Å²) in [6, 6.07) is 14.6. The molecule has 1 N–H and O–H groups in total. The van der Waals surface area contributed by atoms with Gasteiger partial charge in [-0.25, -0.2) is 8.42 Å². The molecule has 5 rings (SSSR count). The van der Waals surface area contributed by atoms with Crippen molar-refractivity contribution in [3.8, 4) is 5.69 Å². The number of hydrogen-bond donors (Lipinski definition) is 1. The molecule has 2 amide bonds. The molecule has 1 saturated heterocycles. The van der Waals surface area contributed by atoms with Gasteiger partial charge in [-0.3, -0.25) is 14.2 Å². The molecule has 0 bridgehead atoms. The van der Waals surface area contributed by atoms with Crippen molar-refractivity contribution in [3.63, 3.8) is 0 Å². The van der Waals surface area contributed by atoms with Gasteiger partial charge in [0.25, 0.3) is 0 Å². The molecule has 1 unspecified atom stereocenters. The van der Waals surface area contributed by atoms with Gasteiger partial charge in [0.05, 0.1) is 11.4 Å². The number of amides is 2. The molecule has 194 valence electrons. The first kappa shape index (κ1) is 25.1. The number of piperidine rings is 1. The zero-order valence-corrected chi connectivity index (χ0v) is 21.5. The van der Waals surface area contributed by atoms with Crippen LogP contribution in [-0.4, -0.2) is 70.9 Å². The van der Waals surface area contributed by atoms with E-state index in [2.05, 4.69) is 15.5 Å². The van der Waals surface area contributed by atoms with E-state index in [9.17, 15) is 18.0 Å². The number of rotatable bonds is 7. The largest absolute Gasteiger partial charge is 0.341 e. The molecule has 1 aromatic heterocycles. The SMILES string of the molecule is CN(CC(=O)N1CCCC(Cc2nncn2-c2ccccc2)C1)S(=O)(=O)c1ccc2c(c1)CCC(=O)N2. The number of aromatic nitrogens is 3. The molecule has 1 fully saturated rings. The van der Waals surface area contributed by atoms with Gasteiger partial charge in [0.1, 0.15) is 12.2 Å². The predicted octanol–water partition coefficient (Wildman–Crippen LogP) is 2.25. The van der Waals surface area contributed by atoms with Crippen LogP contribution in [0.1, 0.15) is 30.7 Å². The Hall–Kier alpha value is -3.57. The van der Waals surface area contributed by atoms with E-state index in [1.807, 2.05) is 34.9 Å². The minimum atomic E-state index is -3.86. The molecule has 0 saturated carbocycles. The maximum atomic E-state index is 13.2. The van der Waals surface area contributed by atoms with Gasteiger partial charge in [-0.15, -0.1) is 10.2 Å². The van der Waals surface area contributed by atoms with E-state index in [0.29, 0.717) is 38.0 Å². The summed E-state index contributed by atoms with van der Waals surface area (Å²) in [5, 5.41) is 11.1. The molecule has 11 heteroatoms. The lowest BCUT2D eigenvalue weighted by Gasteiger charge is -2.33. The van der Waals surface area contributed by atoms with Crippen molar-refractivity contribution >= 4 is 27.5 Å². The Morgan fingerprint density at radius 1 is 1.16 bits per heavy atom. The van der Waals surface area contributed by atoms with Crippen LogP contribution in [0.3, 0.4) is 0 Å². The van der Waals surface area contributed by atoms with Crippen LogP contribution in [-0.2, 0) is 32.5 Å². The van der Waals surface area contributed by atoms with E-state index in [4.69, 9.17) is 0 Å². The number of carbonyl (C=O) groups is 2. The van der Waals surface area contributed by atoms with Gasteiger partial charge in [-0.05, 0) is 61.1 Å². The first-order valence-corrected chi connectivity index (χ1v) is 13.9. The zero-order valence-electron chi connectivity index (χ0n) is 20.7. The number of sulfonamides is 1. The van der Waals surface area contributed by atoms with Crippen LogP contribution in [0, 0.1) is 5.92 Å². The molecule has 0 radical (unpaired) electrons. The standard InChI is InChI=1S/C26H30N6O4S/c1-30(37(35,36)22-10-11-23-20(15-22)9-12-25(33)28-23)17-26(34)31-13-5-6-19(16-31)14-24-29-27-18-32(24)21-7-3-2-4-8-21/h2-4,7-8,10-11,15,18-19H,5-6,9,12-14,16-17H2,1H3,(H,28,33). The lowest BCUT2D eigenvalue weighted by Crippen LogP contribution is -2.46. The highest BCUT2D eigenvalue weighted by Crippen LogP contribution is 2.27. The Morgan fingerprint density at radius 3 is 2.78 bits per heavy atom. The molecule has 0 spiro atoms. The number of nitrogens with zero attached hydrogens (tertiary/aromatic N) is 5. The monoisotopic (exact) mass is 522 g/mol. The minimum absolute atomic E-state index is 0.0778. The summed E-state index contributed by atoms with van der Waals surface area (Å²) in [6.07, 6.45) is 5.00. The molecular weight excluding hydrogens is 492 g/mol. The lowest BCUT2D eigenvalue weighted by atomic mass is 9.94. The molecule has 10 nitrogen and oxygen atoms in total. The second kappa shape index (κ2) is 10.4. The van der Waals surface area contributed by atoms with E-state index in [1.54, 1.807) is 23.4 Å². The third-order valence-electron chi connectivity index (χ3n) is 7.03. The Morgan fingerprint density at radius 2 is 1.97 bits per heavy atom. The maximum absolute atomic E-state index is 13.2. The number of likely N-dealkylation sites (N-methyl/N-ethyl adjacent to an activating group) is 1. The van der Waals surface area contributed by atoms with E-state index in [-0.39, 0.29) is 29.2 Å². The molecule has 0 aliphatic carbocycles. The number of nitrogens with one attached hydrogen (secondary N) is 1. The fourth-order valence-electron chi connectivity index (χ4n) is 4.99. The average Bonchev–Trinajstić information content (AvgIpc) is 3.37. The van der Waals surface area contributed by atoms with E-state index in [1.165, 1.54) is 13.1 Å². The molecule has 37 heavy (non-hydrogen) atoms. The van der Waals surface area contributed by atoms with E-state index in [0.717, 1.165) is 34.2 Å². The van der Waals surface area contributed by atoms with E-state index >= 15 is 0 Å². The Kier molecular flexibility index (Phi) is 7.07. The molecule has 3 aromatic rings. The van der Waals surface area contributed by atoms with Crippen molar-refractivity contribution < 1.29 is 18.0 Å². The molecule has 1 atom stereocenters. The van der Waals surface area contributed by atoms with Gasteiger partial charge in [0, 0.05) is 44.4 Å². The second-order valence-corrected chi connectivity index (χ2v) is 11.7. The van der Waals surface area contributed by atoms with Crippen LogP contribution >= 0.6 is 0 Å². The summed E-state index contributed by atoms with van der Waals surface area (Å²) >= 11 is 0. The second-order valence-electron chi connectivity index (χ2n) is 9.63. The number of anilines is 1. The number of likely N-dealkylation sites (tertiary alicyclic amines) is 1. The van der Waals surface area contributed by atoms with Crippen molar-refractivity contribution in [2.75, 3.05) is 32.0 Å². The minimum Gasteiger partial charge on any atom is -0.341 e. The van der Waals surface area contributed by atoms with E-state index < -0.39 is 10.0 Å². The number of hydrogen-bond acceptors (Lipinski definition) is 6. The highest BCUT2D eigenvalue weighted by Gasteiger charge is 2.30. The van der Waals surface area contributed by atoms with Gasteiger partial charge in [0.15, 0.2) is 0 Å². The molecule has 2 aromatic carbocycles. The molecule has 2 aliphatic rings. The number of carbonyl (C=O) groups excluding carboxylic acids is 2. The Bertz CT molecular complexity index is 1410. The third-order valence-corrected chi connectivity index (χ3v) is 8.83. The van der Waals surface area contributed by atoms with Gasteiger partial charge in [-0.1, -0.05) is 18.2 Å².